The number of Topliss-reactive ketones (excluding diaryl/α,β-unsaturated/α-hetero) is 1. The number of benzene rings is 2. The number of ether oxygens (including phenoxy) is 1. The number of fused-ring (bicyclic) bond motifs is 1. The van der Waals surface area contributed by atoms with E-state index in [0.717, 1.165) is 17.0 Å². The molecule has 3 N–H and O–H groups in total. The van der Waals surface area contributed by atoms with Gasteiger partial charge in [-0.2, -0.15) is 0 Å². The van der Waals surface area contributed by atoms with Crippen molar-refractivity contribution in [2.24, 2.45) is 0 Å². The van der Waals surface area contributed by atoms with Crippen molar-refractivity contribution < 1.29 is 24.4 Å². The Labute approximate surface area is 171 Å². The number of H-pyrrole nitrogens is 1. The summed E-state index contributed by atoms with van der Waals surface area (Å²) in [4.78, 5) is 39.3. The van der Waals surface area contributed by atoms with Crippen LogP contribution in [0.5, 0.6) is 0 Å². The van der Waals surface area contributed by atoms with Gasteiger partial charge in [-0.25, -0.2) is 4.79 Å². The predicted octanol–water partition coefficient (Wildman–Crippen LogP) is 3.22. The predicted molar refractivity (Wildman–Crippen MR) is 111 cm³/mol. The molecule has 0 amide bonds. The number of rotatable bonds is 8. The summed E-state index contributed by atoms with van der Waals surface area (Å²) in [6.45, 7) is 3.17. The van der Waals surface area contributed by atoms with E-state index in [1.165, 1.54) is 19.1 Å². The molecule has 2 aromatic carbocycles. The van der Waals surface area contributed by atoms with Gasteiger partial charge in [0, 0.05) is 46.5 Å². The molecule has 0 spiro atoms. The number of nitrogens with zero attached hydrogens (tertiary/aromatic N) is 1. The molecule has 0 aliphatic rings. The minimum Gasteiger partial charge on any atom is -0.451 e. The molecule has 0 saturated heterocycles. The molecule has 0 aliphatic heterocycles. The molecule has 9 heteroatoms. The normalized spacial score (nSPS) is 11.8. The van der Waals surface area contributed by atoms with Gasteiger partial charge in [-0.15, -0.1) is 0 Å². The molecule has 1 heterocycles. The Bertz CT molecular complexity index is 1120. The number of hydrogen-bond acceptors (Lipinski definition) is 7. The van der Waals surface area contributed by atoms with Gasteiger partial charge in [0.1, 0.15) is 0 Å². The lowest BCUT2D eigenvalue weighted by Gasteiger charge is -2.15. The molecule has 1 aromatic heterocycles. The van der Waals surface area contributed by atoms with Crippen molar-refractivity contribution in [1.29, 1.82) is 0 Å². The van der Waals surface area contributed by atoms with Crippen molar-refractivity contribution >= 4 is 34.0 Å². The first-order valence-corrected chi connectivity index (χ1v) is 9.29. The van der Waals surface area contributed by atoms with E-state index in [0.29, 0.717) is 11.3 Å². The third kappa shape index (κ3) is 4.15. The first-order chi connectivity index (χ1) is 14.3. The number of carbonyl (C=O) groups excluding carboxylic acids is 2. The number of para-hydroxylation sites is 1. The second-order valence-electron chi connectivity index (χ2n) is 6.72. The Hall–Kier alpha value is -3.72. The monoisotopic (exact) mass is 411 g/mol. The van der Waals surface area contributed by atoms with E-state index in [-0.39, 0.29) is 35.9 Å². The topological polar surface area (TPSA) is 135 Å². The molecule has 0 radical (unpaired) electrons. The standard InChI is InChI=1S/C21H21N3O6/c1-12-19(15-5-3-4-6-18(15)23-12)20(26)13(2)30-21(27)16-11-14(24(28)29)7-8-17(16)22-9-10-25/h3-8,11,13,22-23,25H,9-10H2,1-2H3/t13-/m1/s1. The SMILES string of the molecule is Cc1[nH]c2ccccc2c1C(=O)[C@@H](C)OC(=O)c1cc([N+](=O)[O-])ccc1NCCO. The van der Waals surface area contributed by atoms with E-state index in [4.69, 9.17) is 9.84 Å². The average molecular weight is 411 g/mol. The lowest BCUT2D eigenvalue weighted by molar-refractivity contribution is -0.384. The van der Waals surface area contributed by atoms with Crippen molar-refractivity contribution in [3.63, 3.8) is 0 Å². The fourth-order valence-electron chi connectivity index (χ4n) is 3.23. The molecule has 9 nitrogen and oxygen atoms in total. The van der Waals surface area contributed by atoms with Gasteiger partial charge in [-0.3, -0.25) is 14.9 Å². The van der Waals surface area contributed by atoms with Crippen LogP contribution in [-0.2, 0) is 4.74 Å². The number of nitro groups is 1. The van der Waals surface area contributed by atoms with Crippen molar-refractivity contribution in [2.75, 3.05) is 18.5 Å². The molecule has 0 aliphatic carbocycles. The summed E-state index contributed by atoms with van der Waals surface area (Å²) < 4.78 is 5.35. The van der Waals surface area contributed by atoms with Gasteiger partial charge < -0.3 is 20.1 Å². The summed E-state index contributed by atoms with van der Waals surface area (Å²) in [7, 11) is 0. The third-order valence-electron chi connectivity index (χ3n) is 4.65. The maximum atomic E-state index is 13.0. The number of carbonyl (C=O) groups is 2. The highest BCUT2D eigenvalue weighted by Crippen LogP contribution is 2.26. The second kappa shape index (κ2) is 8.75. The van der Waals surface area contributed by atoms with Crippen molar-refractivity contribution in [1.82, 2.24) is 4.98 Å². The number of ketones is 1. The van der Waals surface area contributed by atoms with E-state index in [2.05, 4.69) is 10.3 Å². The van der Waals surface area contributed by atoms with E-state index in [9.17, 15) is 19.7 Å². The Morgan fingerprint density at radius 3 is 2.70 bits per heavy atom. The highest BCUT2D eigenvalue weighted by molar-refractivity contribution is 6.12. The number of aromatic nitrogens is 1. The molecular formula is C21H21N3O6. The lowest BCUT2D eigenvalue weighted by Crippen LogP contribution is -2.25. The quantitative estimate of drug-likeness (QED) is 0.224. The van der Waals surface area contributed by atoms with Gasteiger partial charge in [0.25, 0.3) is 5.69 Å². The maximum Gasteiger partial charge on any atom is 0.341 e. The van der Waals surface area contributed by atoms with Crippen molar-refractivity contribution in [3.05, 3.63) is 69.4 Å². The second-order valence-corrected chi connectivity index (χ2v) is 6.72. The highest BCUT2D eigenvalue weighted by atomic mass is 16.6. The summed E-state index contributed by atoms with van der Waals surface area (Å²) in [5, 5.41) is 23.6. The van der Waals surface area contributed by atoms with Crippen LogP contribution < -0.4 is 5.32 Å². The van der Waals surface area contributed by atoms with Crippen LogP contribution in [0.3, 0.4) is 0 Å². The van der Waals surface area contributed by atoms with Crippen molar-refractivity contribution in [2.45, 2.75) is 20.0 Å². The van der Waals surface area contributed by atoms with Crippen LogP contribution in [0.4, 0.5) is 11.4 Å². The fraction of sp³-hybridized carbons (Fsp3) is 0.238. The molecule has 30 heavy (non-hydrogen) atoms. The van der Waals surface area contributed by atoms with Gasteiger partial charge in [0.05, 0.1) is 17.1 Å². The molecule has 3 aromatic rings. The molecule has 156 valence electrons. The molecule has 0 unspecified atom stereocenters. The van der Waals surface area contributed by atoms with E-state index in [1.54, 1.807) is 13.0 Å². The van der Waals surface area contributed by atoms with Crippen LogP contribution in [0.1, 0.15) is 33.3 Å². The van der Waals surface area contributed by atoms with Crippen LogP contribution in [-0.4, -0.2) is 46.0 Å². The minimum absolute atomic E-state index is 0.0899. The molecule has 0 fully saturated rings. The van der Waals surface area contributed by atoms with Crippen LogP contribution in [0.2, 0.25) is 0 Å². The number of anilines is 1. The summed E-state index contributed by atoms with van der Waals surface area (Å²) in [6.07, 6.45) is -1.11. The summed E-state index contributed by atoms with van der Waals surface area (Å²) >= 11 is 0. The highest BCUT2D eigenvalue weighted by Gasteiger charge is 2.26. The first-order valence-electron chi connectivity index (χ1n) is 9.29. The smallest absolute Gasteiger partial charge is 0.341 e. The van der Waals surface area contributed by atoms with Gasteiger partial charge in [-0.05, 0) is 26.0 Å². The average Bonchev–Trinajstić information content (AvgIpc) is 3.06. The van der Waals surface area contributed by atoms with Crippen LogP contribution >= 0.6 is 0 Å². The third-order valence-corrected chi connectivity index (χ3v) is 4.65. The number of nitrogens with one attached hydrogen (secondary N) is 2. The van der Waals surface area contributed by atoms with E-state index in [1.807, 2.05) is 18.2 Å². The Balaban J connectivity index is 1.87. The number of aromatic amines is 1. The zero-order valence-corrected chi connectivity index (χ0v) is 16.5. The van der Waals surface area contributed by atoms with Gasteiger partial charge >= 0.3 is 5.97 Å². The fourth-order valence-corrected chi connectivity index (χ4v) is 3.23. The largest absolute Gasteiger partial charge is 0.451 e. The number of aryl methyl sites for hydroxylation is 1. The Morgan fingerprint density at radius 2 is 2.00 bits per heavy atom. The number of aliphatic hydroxyl groups excluding tert-OH is 1. The van der Waals surface area contributed by atoms with Crippen LogP contribution in [0.15, 0.2) is 42.5 Å². The van der Waals surface area contributed by atoms with Gasteiger partial charge in [0.2, 0.25) is 5.78 Å². The molecule has 0 bridgehead atoms. The molecule has 1 atom stereocenters. The summed E-state index contributed by atoms with van der Waals surface area (Å²) in [5.41, 5.74) is 1.78. The number of non-ortho nitro benzene ring substituents is 1. The van der Waals surface area contributed by atoms with Crippen molar-refractivity contribution in [3.8, 4) is 0 Å². The lowest BCUT2D eigenvalue weighted by atomic mass is 10.0. The number of nitro benzene ring substituents is 1. The molecule has 3 rings (SSSR count). The maximum absolute atomic E-state index is 13.0. The zero-order chi connectivity index (χ0) is 21.8. The number of aliphatic hydroxyl groups is 1. The number of hydrogen-bond donors (Lipinski definition) is 3. The Kier molecular flexibility index (Phi) is 6.12. The van der Waals surface area contributed by atoms with Gasteiger partial charge in [-0.1, -0.05) is 18.2 Å². The minimum atomic E-state index is -1.11. The zero-order valence-electron chi connectivity index (χ0n) is 16.5. The van der Waals surface area contributed by atoms with Gasteiger partial charge in [0.15, 0.2) is 6.10 Å². The van der Waals surface area contributed by atoms with Crippen LogP contribution in [0.25, 0.3) is 10.9 Å². The molecular weight excluding hydrogens is 390 g/mol. The van der Waals surface area contributed by atoms with E-state index >= 15 is 0 Å². The van der Waals surface area contributed by atoms with E-state index < -0.39 is 17.0 Å². The molecule has 0 saturated carbocycles. The van der Waals surface area contributed by atoms with Crippen LogP contribution in [0, 0.1) is 17.0 Å². The summed E-state index contributed by atoms with van der Waals surface area (Å²) in [6, 6.07) is 11.0. The Morgan fingerprint density at radius 1 is 1.27 bits per heavy atom. The number of esters is 1. The summed E-state index contributed by atoms with van der Waals surface area (Å²) in [5.74, 6) is -1.26. The first kappa shape index (κ1) is 21.0.